The highest BCUT2D eigenvalue weighted by Crippen LogP contribution is 2.23. The smallest absolute Gasteiger partial charge is 0.0552 e. The third kappa shape index (κ3) is 5.50. The number of allylic oxidation sites excluding steroid dienone is 1. The monoisotopic (exact) mass is 265 g/mol. The Morgan fingerprint density at radius 3 is 2.11 bits per heavy atom. The molecule has 0 amide bonds. The molecule has 1 fully saturated rings. The van der Waals surface area contributed by atoms with Crippen LogP contribution in [0, 0.1) is 6.92 Å². The van der Waals surface area contributed by atoms with Crippen molar-refractivity contribution in [3.8, 4) is 0 Å². The molecule has 0 aliphatic carbocycles. The fourth-order valence-corrected chi connectivity index (χ4v) is 2.14. The second-order valence-electron chi connectivity index (χ2n) is 4.45. The molecule has 1 saturated heterocycles. The van der Waals surface area contributed by atoms with E-state index in [2.05, 4.69) is 41.3 Å². The quantitative estimate of drug-likeness (QED) is 0.789. The van der Waals surface area contributed by atoms with Crippen LogP contribution >= 0.6 is 0 Å². The van der Waals surface area contributed by atoms with Crippen molar-refractivity contribution in [2.24, 2.45) is 0 Å². The van der Waals surface area contributed by atoms with Crippen molar-refractivity contribution in [1.82, 2.24) is 14.7 Å². The first kappa shape index (κ1) is 17.8. The first-order chi connectivity index (χ1) is 9.16. The van der Waals surface area contributed by atoms with Gasteiger partial charge in [-0.1, -0.05) is 34.3 Å². The summed E-state index contributed by atoms with van der Waals surface area (Å²) in [5.41, 5.74) is 2.43. The average Bonchev–Trinajstić information content (AvgIpc) is 2.90. The molecule has 1 aromatic heterocycles. The van der Waals surface area contributed by atoms with Crippen molar-refractivity contribution in [3.05, 3.63) is 30.2 Å². The van der Waals surface area contributed by atoms with E-state index in [-0.39, 0.29) is 0 Å². The van der Waals surface area contributed by atoms with E-state index in [1.807, 2.05) is 33.9 Å². The Bertz CT molecular complexity index is 347. The SMILES string of the molecule is C=C(C)N1CCC(n2cc(C)cn2)CC1.CC.CC. The average molecular weight is 265 g/mol. The lowest BCUT2D eigenvalue weighted by Crippen LogP contribution is -2.33. The van der Waals surface area contributed by atoms with Crippen LogP contribution < -0.4 is 0 Å². The summed E-state index contributed by atoms with van der Waals surface area (Å²) in [6.07, 6.45) is 6.42. The van der Waals surface area contributed by atoms with Gasteiger partial charge in [-0.3, -0.25) is 4.68 Å². The summed E-state index contributed by atoms with van der Waals surface area (Å²) >= 11 is 0. The molecule has 0 N–H and O–H groups in total. The van der Waals surface area contributed by atoms with E-state index < -0.39 is 0 Å². The predicted molar refractivity (Wildman–Crippen MR) is 84.3 cm³/mol. The van der Waals surface area contributed by atoms with E-state index in [1.165, 1.54) is 24.1 Å². The molecule has 0 radical (unpaired) electrons. The summed E-state index contributed by atoms with van der Waals surface area (Å²) in [4.78, 5) is 2.35. The molecule has 1 aliphatic heterocycles. The van der Waals surface area contributed by atoms with Crippen LogP contribution in [-0.4, -0.2) is 27.8 Å². The van der Waals surface area contributed by atoms with Gasteiger partial charge in [0, 0.05) is 25.0 Å². The number of aromatic nitrogens is 2. The van der Waals surface area contributed by atoms with Crippen LogP contribution in [0.5, 0.6) is 0 Å². The number of nitrogens with zero attached hydrogens (tertiary/aromatic N) is 3. The largest absolute Gasteiger partial charge is 0.375 e. The van der Waals surface area contributed by atoms with E-state index in [0.29, 0.717) is 6.04 Å². The Morgan fingerprint density at radius 2 is 1.74 bits per heavy atom. The Hall–Kier alpha value is -1.25. The molecule has 3 heteroatoms. The molecule has 2 heterocycles. The molecule has 19 heavy (non-hydrogen) atoms. The highest BCUT2D eigenvalue weighted by Gasteiger charge is 2.20. The number of piperidine rings is 1. The zero-order valence-corrected chi connectivity index (χ0v) is 13.6. The number of hydrogen-bond acceptors (Lipinski definition) is 2. The topological polar surface area (TPSA) is 21.1 Å². The highest BCUT2D eigenvalue weighted by atomic mass is 15.3. The third-order valence-electron chi connectivity index (χ3n) is 3.11. The van der Waals surface area contributed by atoms with Gasteiger partial charge >= 0.3 is 0 Å². The van der Waals surface area contributed by atoms with Crippen LogP contribution in [-0.2, 0) is 0 Å². The molecule has 1 aliphatic rings. The van der Waals surface area contributed by atoms with Gasteiger partial charge in [0.1, 0.15) is 0 Å². The van der Waals surface area contributed by atoms with Crippen LogP contribution in [0.3, 0.4) is 0 Å². The summed E-state index contributed by atoms with van der Waals surface area (Å²) in [7, 11) is 0. The minimum absolute atomic E-state index is 0.578. The maximum Gasteiger partial charge on any atom is 0.0552 e. The summed E-state index contributed by atoms with van der Waals surface area (Å²) < 4.78 is 2.12. The van der Waals surface area contributed by atoms with E-state index >= 15 is 0 Å². The second-order valence-corrected chi connectivity index (χ2v) is 4.45. The second kappa shape index (κ2) is 9.65. The maximum absolute atomic E-state index is 4.39. The predicted octanol–water partition coefficient (Wildman–Crippen LogP) is 4.41. The van der Waals surface area contributed by atoms with Gasteiger partial charge in [0.25, 0.3) is 0 Å². The van der Waals surface area contributed by atoms with Crippen LogP contribution in [0.1, 0.15) is 59.1 Å². The molecule has 110 valence electrons. The molecule has 0 aromatic carbocycles. The van der Waals surface area contributed by atoms with Gasteiger partial charge in [0.15, 0.2) is 0 Å². The molecule has 0 saturated carbocycles. The molecule has 0 atom stereocenters. The summed E-state index contributed by atoms with van der Waals surface area (Å²) in [6.45, 7) is 18.4. The molecule has 0 unspecified atom stereocenters. The first-order valence-corrected chi connectivity index (χ1v) is 7.58. The van der Waals surface area contributed by atoms with Crippen molar-refractivity contribution < 1.29 is 0 Å². The normalized spacial score (nSPS) is 14.9. The molecular formula is C16H31N3. The Kier molecular flexibility index (Phi) is 9.02. The van der Waals surface area contributed by atoms with Crippen molar-refractivity contribution in [3.63, 3.8) is 0 Å². The molecular weight excluding hydrogens is 234 g/mol. The van der Waals surface area contributed by atoms with E-state index in [0.717, 1.165) is 13.1 Å². The minimum atomic E-state index is 0.578. The molecule has 1 aromatic rings. The Labute approximate surface area is 119 Å². The maximum atomic E-state index is 4.39. The standard InChI is InChI=1S/C12H19N3.2C2H6/c1-10(2)14-6-4-12(5-7-14)15-9-11(3)8-13-15;2*1-2/h8-9,12H,1,4-7H2,2-3H3;2*1-2H3. The van der Waals surface area contributed by atoms with Crippen LogP contribution in [0.25, 0.3) is 0 Å². The lowest BCUT2D eigenvalue weighted by atomic mass is 10.1. The highest BCUT2D eigenvalue weighted by molar-refractivity contribution is 5.01. The number of rotatable bonds is 2. The van der Waals surface area contributed by atoms with Crippen molar-refractivity contribution in [1.29, 1.82) is 0 Å². The Morgan fingerprint density at radius 1 is 1.21 bits per heavy atom. The number of likely N-dealkylation sites (tertiary alicyclic amines) is 1. The van der Waals surface area contributed by atoms with Crippen molar-refractivity contribution in [2.75, 3.05) is 13.1 Å². The molecule has 0 spiro atoms. The Balaban J connectivity index is 0.000000741. The van der Waals surface area contributed by atoms with Gasteiger partial charge in [-0.25, -0.2) is 0 Å². The fraction of sp³-hybridized carbons (Fsp3) is 0.688. The van der Waals surface area contributed by atoms with E-state index in [1.54, 1.807) is 0 Å². The van der Waals surface area contributed by atoms with Gasteiger partial charge in [-0.15, -0.1) is 0 Å². The number of hydrogen-bond donors (Lipinski definition) is 0. The lowest BCUT2D eigenvalue weighted by molar-refractivity contribution is 0.219. The number of aryl methyl sites for hydroxylation is 1. The molecule has 0 bridgehead atoms. The summed E-state index contributed by atoms with van der Waals surface area (Å²) in [5.74, 6) is 0. The van der Waals surface area contributed by atoms with Gasteiger partial charge < -0.3 is 4.90 Å². The van der Waals surface area contributed by atoms with Crippen LogP contribution in [0.2, 0.25) is 0 Å². The lowest BCUT2D eigenvalue weighted by Gasteiger charge is -2.33. The van der Waals surface area contributed by atoms with Crippen LogP contribution in [0.15, 0.2) is 24.7 Å². The first-order valence-electron chi connectivity index (χ1n) is 7.58. The third-order valence-corrected chi connectivity index (χ3v) is 3.11. The van der Waals surface area contributed by atoms with Gasteiger partial charge in [0.05, 0.1) is 12.2 Å². The van der Waals surface area contributed by atoms with Crippen LogP contribution in [0.4, 0.5) is 0 Å². The summed E-state index contributed by atoms with van der Waals surface area (Å²) in [6, 6.07) is 0.578. The van der Waals surface area contributed by atoms with Crippen molar-refractivity contribution >= 4 is 0 Å². The molecule has 2 rings (SSSR count). The summed E-state index contributed by atoms with van der Waals surface area (Å²) in [5, 5.41) is 4.39. The van der Waals surface area contributed by atoms with Gasteiger partial charge in [0.2, 0.25) is 0 Å². The zero-order valence-electron chi connectivity index (χ0n) is 13.6. The van der Waals surface area contributed by atoms with Gasteiger partial charge in [-0.05, 0) is 32.3 Å². The van der Waals surface area contributed by atoms with E-state index in [9.17, 15) is 0 Å². The minimum Gasteiger partial charge on any atom is -0.375 e. The zero-order chi connectivity index (χ0) is 14.8. The van der Waals surface area contributed by atoms with E-state index in [4.69, 9.17) is 0 Å². The van der Waals surface area contributed by atoms with Crippen molar-refractivity contribution in [2.45, 2.75) is 60.4 Å². The molecule has 3 nitrogen and oxygen atoms in total. The van der Waals surface area contributed by atoms with Gasteiger partial charge in [-0.2, -0.15) is 5.10 Å². The fourth-order valence-electron chi connectivity index (χ4n) is 2.14.